The Labute approximate surface area is 91.1 Å². The fourth-order valence-electron chi connectivity index (χ4n) is 1.90. The first-order valence-corrected chi connectivity index (χ1v) is 5.45. The van der Waals surface area contributed by atoms with Gasteiger partial charge in [0.05, 0.1) is 0 Å². The molecular weight excluding hydrogens is 182 g/mol. The maximum atomic E-state index is 3.28. The zero-order valence-electron chi connectivity index (χ0n) is 9.33. The quantitative estimate of drug-likeness (QED) is 0.801. The number of fused-ring (bicyclic) bond motifs is 1. The molecule has 0 amide bonds. The van der Waals surface area contributed by atoms with E-state index in [4.69, 9.17) is 0 Å². The summed E-state index contributed by atoms with van der Waals surface area (Å²) in [4.78, 5) is 0. The van der Waals surface area contributed by atoms with Crippen molar-refractivity contribution in [3.63, 3.8) is 0 Å². The lowest BCUT2D eigenvalue weighted by atomic mass is 9.99. The van der Waals surface area contributed by atoms with Gasteiger partial charge in [-0.3, -0.25) is 0 Å². The zero-order chi connectivity index (χ0) is 10.7. The lowest BCUT2D eigenvalue weighted by Crippen LogP contribution is -2.23. The summed E-state index contributed by atoms with van der Waals surface area (Å²) in [6, 6.07) is 15.6. The van der Waals surface area contributed by atoms with Crippen LogP contribution in [-0.2, 0) is 6.42 Å². The molecule has 78 valence electrons. The van der Waals surface area contributed by atoms with Crippen LogP contribution in [0.1, 0.15) is 12.5 Å². The minimum atomic E-state index is 0.524. The molecule has 0 saturated heterocycles. The first-order chi connectivity index (χ1) is 7.31. The fourth-order valence-corrected chi connectivity index (χ4v) is 1.90. The van der Waals surface area contributed by atoms with Gasteiger partial charge in [-0.1, -0.05) is 42.5 Å². The Balaban J connectivity index is 2.42. The zero-order valence-corrected chi connectivity index (χ0v) is 9.33. The average molecular weight is 199 g/mol. The molecule has 0 radical (unpaired) electrons. The summed E-state index contributed by atoms with van der Waals surface area (Å²) in [5.74, 6) is 0. The Morgan fingerprint density at radius 3 is 2.60 bits per heavy atom. The maximum absolute atomic E-state index is 3.28. The van der Waals surface area contributed by atoms with Crippen LogP contribution in [-0.4, -0.2) is 13.1 Å². The molecule has 2 aromatic rings. The number of hydrogen-bond acceptors (Lipinski definition) is 1. The van der Waals surface area contributed by atoms with Crippen LogP contribution >= 0.6 is 0 Å². The van der Waals surface area contributed by atoms with Gasteiger partial charge in [0.15, 0.2) is 0 Å². The van der Waals surface area contributed by atoms with Crippen molar-refractivity contribution in [1.29, 1.82) is 0 Å². The molecule has 1 nitrogen and oxygen atoms in total. The molecule has 0 heterocycles. The maximum Gasteiger partial charge on any atom is 0.00763 e. The van der Waals surface area contributed by atoms with E-state index in [2.05, 4.69) is 54.7 Å². The molecule has 0 saturated carbocycles. The topological polar surface area (TPSA) is 12.0 Å². The van der Waals surface area contributed by atoms with Gasteiger partial charge in [0.2, 0.25) is 0 Å². The molecule has 15 heavy (non-hydrogen) atoms. The van der Waals surface area contributed by atoms with Crippen molar-refractivity contribution in [3.05, 3.63) is 48.0 Å². The lowest BCUT2D eigenvalue weighted by Gasteiger charge is -2.12. The van der Waals surface area contributed by atoms with Crippen molar-refractivity contribution >= 4 is 10.8 Å². The first-order valence-electron chi connectivity index (χ1n) is 5.45. The highest BCUT2D eigenvalue weighted by Crippen LogP contribution is 2.19. The normalized spacial score (nSPS) is 12.9. The molecule has 0 spiro atoms. The minimum absolute atomic E-state index is 0.524. The third-order valence-corrected chi connectivity index (χ3v) is 2.90. The van der Waals surface area contributed by atoms with Gasteiger partial charge in [-0.15, -0.1) is 0 Å². The van der Waals surface area contributed by atoms with Crippen molar-refractivity contribution in [2.45, 2.75) is 19.4 Å². The average Bonchev–Trinajstić information content (AvgIpc) is 2.29. The largest absolute Gasteiger partial charge is 0.317 e. The molecule has 2 rings (SSSR count). The summed E-state index contributed by atoms with van der Waals surface area (Å²) in [7, 11) is 2.01. The van der Waals surface area contributed by atoms with E-state index in [-0.39, 0.29) is 0 Å². The van der Waals surface area contributed by atoms with E-state index in [1.165, 1.54) is 16.3 Å². The molecule has 1 atom stereocenters. The highest BCUT2D eigenvalue weighted by Gasteiger charge is 2.03. The second-order valence-electron chi connectivity index (χ2n) is 4.03. The van der Waals surface area contributed by atoms with E-state index >= 15 is 0 Å². The highest BCUT2D eigenvalue weighted by molar-refractivity contribution is 5.85. The van der Waals surface area contributed by atoms with E-state index in [0.717, 1.165) is 6.42 Å². The van der Waals surface area contributed by atoms with E-state index in [0.29, 0.717) is 6.04 Å². The van der Waals surface area contributed by atoms with Gasteiger partial charge in [0, 0.05) is 6.04 Å². The van der Waals surface area contributed by atoms with Crippen LogP contribution in [0.3, 0.4) is 0 Å². The third kappa shape index (κ3) is 2.18. The minimum Gasteiger partial charge on any atom is -0.317 e. The van der Waals surface area contributed by atoms with Crippen LogP contribution in [0.5, 0.6) is 0 Å². The number of rotatable bonds is 3. The molecule has 0 bridgehead atoms. The Bertz CT molecular complexity index is 443. The van der Waals surface area contributed by atoms with E-state index in [9.17, 15) is 0 Å². The van der Waals surface area contributed by atoms with Gasteiger partial charge in [0.25, 0.3) is 0 Å². The molecule has 1 N–H and O–H groups in total. The smallest absolute Gasteiger partial charge is 0.00763 e. The van der Waals surface area contributed by atoms with Crippen LogP contribution in [0.4, 0.5) is 0 Å². The number of hydrogen-bond donors (Lipinski definition) is 1. The summed E-state index contributed by atoms with van der Waals surface area (Å²) >= 11 is 0. The molecular formula is C14H17N. The van der Waals surface area contributed by atoms with Crippen LogP contribution in [0.2, 0.25) is 0 Å². The van der Waals surface area contributed by atoms with Crippen LogP contribution in [0.25, 0.3) is 10.8 Å². The van der Waals surface area contributed by atoms with Crippen LogP contribution in [0.15, 0.2) is 42.5 Å². The van der Waals surface area contributed by atoms with E-state index in [1.54, 1.807) is 0 Å². The number of benzene rings is 2. The Morgan fingerprint density at radius 2 is 1.80 bits per heavy atom. The second kappa shape index (κ2) is 4.45. The van der Waals surface area contributed by atoms with Gasteiger partial charge < -0.3 is 5.32 Å². The Kier molecular flexibility index (Phi) is 3.02. The highest BCUT2D eigenvalue weighted by atomic mass is 14.8. The van der Waals surface area contributed by atoms with Gasteiger partial charge in [0.1, 0.15) is 0 Å². The van der Waals surface area contributed by atoms with Gasteiger partial charge in [-0.25, -0.2) is 0 Å². The molecule has 1 heteroatoms. The first kappa shape index (κ1) is 10.2. The SMILES string of the molecule is CN[C@H](C)Cc1cccc2ccccc12. The second-order valence-corrected chi connectivity index (χ2v) is 4.03. The summed E-state index contributed by atoms with van der Waals surface area (Å²) in [5.41, 5.74) is 1.43. The van der Waals surface area contributed by atoms with Crippen molar-refractivity contribution in [2.75, 3.05) is 7.05 Å². The standard InChI is InChI=1S/C14H17N/c1-11(15-2)10-13-8-5-7-12-6-3-4-9-14(12)13/h3-9,11,15H,10H2,1-2H3/t11-/m1/s1. The van der Waals surface area contributed by atoms with Crippen molar-refractivity contribution in [2.24, 2.45) is 0 Å². The molecule has 0 fully saturated rings. The molecule has 0 unspecified atom stereocenters. The third-order valence-electron chi connectivity index (χ3n) is 2.90. The number of nitrogens with one attached hydrogen (secondary N) is 1. The Hall–Kier alpha value is -1.34. The van der Waals surface area contributed by atoms with Gasteiger partial charge in [-0.05, 0) is 36.7 Å². The van der Waals surface area contributed by atoms with Crippen molar-refractivity contribution in [3.8, 4) is 0 Å². The summed E-state index contributed by atoms with van der Waals surface area (Å²) in [5, 5.41) is 5.99. The molecule has 0 aliphatic heterocycles. The molecule has 0 aliphatic rings. The van der Waals surface area contributed by atoms with Gasteiger partial charge >= 0.3 is 0 Å². The molecule has 0 aliphatic carbocycles. The van der Waals surface area contributed by atoms with E-state index in [1.807, 2.05) is 7.05 Å². The molecule has 2 aromatic carbocycles. The molecule has 0 aromatic heterocycles. The fraction of sp³-hybridized carbons (Fsp3) is 0.286. The number of likely N-dealkylation sites (N-methyl/N-ethyl adjacent to an activating group) is 1. The van der Waals surface area contributed by atoms with Crippen molar-refractivity contribution < 1.29 is 0 Å². The lowest BCUT2D eigenvalue weighted by molar-refractivity contribution is 0.610. The van der Waals surface area contributed by atoms with Crippen LogP contribution in [0, 0.1) is 0 Å². The summed E-state index contributed by atoms with van der Waals surface area (Å²) < 4.78 is 0. The van der Waals surface area contributed by atoms with E-state index < -0.39 is 0 Å². The monoisotopic (exact) mass is 199 g/mol. The summed E-state index contributed by atoms with van der Waals surface area (Å²) in [6.45, 7) is 2.21. The predicted octanol–water partition coefficient (Wildman–Crippen LogP) is 2.99. The van der Waals surface area contributed by atoms with Crippen molar-refractivity contribution in [1.82, 2.24) is 5.32 Å². The summed E-state index contributed by atoms with van der Waals surface area (Å²) in [6.07, 6.45) is 1.08. The predicted molar refractivity (Wildman–Crippen MR) is 66.2 cm³/mol. The van der Waals surface area contributed by atoms with Gasteiger partial charge in [-0.2, -0.15) is 0 Å². The Morgan fingerprint density at radius 1 is 1.07 bits per heavy atom. The van der Waals surface area contributed by atoms with Crippen LogP contribution < -0.4 is 5.32 Å².